The molecule has 1 aromatic rings. The second-order valence-electron chi connectivity index (χ2n) is 4.49. The molecule has 2 aliphatic heterocycles. The van der Waals surface area contributed by atoms with E-state index in [-0.39, 0.29) is 0 Å². The van der Waals surface area contributed by atoms with E-state index in [1.165, 1.54) is 12.8 Å². The average molecular weight is 251 g/mol. The highest BCUT2D eigenvalue weighted by molar-refractivity contribution is 7.97. The minimum Gasteiger partial charge on any atom is -0.377 e. The second-order valence-corrected chi connectivity index (χ2v) is 5.57. The van der Waals surface area contributed by atoms with E-state index in [9.17, 15) is 0 Å². The van der Waals surface area contributed by atoms with Crippen LogP contribution in [0.2, 0.25) is 0 Å². The van der Waals surface area contributed by atoms with Crippen molar-refractivity contribution in [2.24, 2.45) is 0 Å². The van der Waals surface area contributed by atoms with E-state index in [1.807, 2.05) is 13.2 Å². The lowest BCUT2D eigenvalue weighted by molar-refractivity contribution is 0.0902. The van der Waals surface area contributed by atoms with Crippen molar-refractivity contribution in [2.45, 2.75) is 29.8 Å². The molecule has 0 radical (unpaired) electrons. The smallest absolute Gasteiger partial charge is 0.129 e. The molecule has 3 heterocycles. The molecular formula is C12H17N3OS. The predicted molar refractivity (Wildman–Crippen MR) is 69.3 cm³/mol. The third-order valence-electron chi connectivity index (χ3n) is 3.45. The van der Waals surface area contributed by atoms with E-state index in [2.05, 4.69) is 26.7 Å². The van der Waals surface area contributed by atoms with Gasteiger partial charge in [-0.2, -0.15) is 0 Å². The fraction of sp³-hybridized carbons (Fsp3) is 0.583. The van der Waals surface area contributed by atoms with Gasteiger partial charge in [0, 0.05) is 11.1 Å². The fourth-order valence-electron chi connectivity index (χ4n) is 2.71. The number of pyridine rings is 1. The van der Waals surface area contributed by atoms with Gasteiger partial charge < -0.3 is 9.64 Å². The SMILES string of the molecule is CNSc1ccc(N2[C@H]3CC[C@H]2COC3)nc1. The standard InChI is InChI=1S/C12H17N3OS/c1-13-17-11-4-5-12(14-6-11)15-9-2-3-10(15)8-16-7-9/h4-6,9-10,13H,2-3,7-8H2,1H3/t9-,10-/m0/s1. The molecule has 2 saturated heterocycles. The van der Waals surface area contributed by atoms with Crippen molar-refractivity contribution in [1.82, 2.24) is 9.71 Å². The summed E-state index contributed by atoms with van der Waals surface area (Å²) in [5.74, 6) is 1.10. The molecule has 1 aromatic heterocycles. The van der Waals surface area contributed by atoms with Crippen LogP contribution in [0.3, 0.4) is 0 Å². The minimum atomic E-state index is 0.532. The third kappa shape index (κ3) is 2.14. The average Bonchev–Trinajstić information content (AvgIpc) is 2.61. The zero-order valence-corrected chi connectivity index (χ0v) is 10.7. The summed E-state index contributed by atoms with van der Waals surface area (Å²) in [5, 5.41) is 0. The first-order chi connectivity index (χ1) is 8.38. The van der Waals surface area contributed by atoms with E-state index >= 15 is 0 Å². The zero-order chi connectivity index (χ0) is 11.7. The topological polar surface area (TPSA) is 37.4 Å². The van der Waals surface area contributed by atoms with E-state index in [0.717, 1.165) is 23.9 Å². The molecule has 3 rings (SSSR count). The maximum Gasteiger partial charge on any atom is 0.129 e. The number of aromatic nitrogens is 1. The summed E-state index contributed by atoms with van der Waals surface area (Å²) in [6.07, 6.45) is 4.41. The van der Waals surface area contributed by atoms with Crippen LogP contribution in [0.25, 0.3) is 0 Å². The molecule has 0 saturated carbocycles. The number of hydrogen-bond donors (Lipinski definition) is 1. The van der Waals surface area contributed by atoms with Crippen LogP contribution in [0.15, 0.2) is 23.2 Å². The summed E-state index contributed by atoms with van der Waals surface area (Å²) >= 11 is 1.59. The maximum absolute atomic E-state index is 5.59. The van der Waals surface area contributed by atoms with Crippen LogP contribution in [-0.4, -0.2) is 37.3 Å². The molecule has 2 aliphatic rings. The van der Waals surface area contributed by atoms with Crippen molar-refractivity contribution in [1.29, 1.82) is 0 Å². The highest BCUT2D eigenvalue weighted by atomic mass is 32.2. The molecule has 17 heavy (non-hydrogen) atoms. The molecule has 2 atom stereocenters. The van der Waals surface area contributed by atoms with E-state index in [0.29, 0.717) is 12.1 Å². The third-order valence-corrected chi connectivity index (χ3v) is 4.13. The molecule has 2 bridgehead atoms. The number of anilines is 1. The van der Waals surface area contributed by atoms with Crippen molar-refractivity contribution in [2.75, 3.05) is 25.2 Å². The predicted octanol–water partition coefficient (Wildman–Crippen LogP) is 1.68. The van der Waals surface area contributed by atoms with Gasteiger partial charge in [0.15, 0.2) is 0 Å². The highest BCUT2D eigenvalue weighted by Crippen LogP contribution is 2.33. The van der Waals surface area contributed by atoms with Crippen molar-refractivity contribution >= 4 is 17.8 Å². The number of nitrogens with zero attached hydrogens (tertiary/aromatic N) is 2. The Morgan fingerprint density at radius 1 is 1.35 bits per heavy atom. The van der Waals surface area contributed by atoms with Gasteiger partial charge in [-0.1, -0.05) is 0 Å². The van der Waals surface area contributed by atoms with E-state index in [1.54, 1.807) is 11.9 Å². The Balaban J connectivity index is 1.79. The van der Waals surface area contributed by atoms with E-state index < -0.39 is 0 Å². The quantitative estimate of drug-likeness (QED) is 0.827. The van der Waals surface area contributed by atoms with Crippen molar-refractivity contribution < 1.29 is 4.74 Å². The summed E-state index contributed by atoms with van der Waals surface area (Å²) in [6, 6.07) is 5.31. The Morgan fingerprint density at radius 3 is 2.71 bits per heavy atom. The van der Waals surface area contributed by atoms with Crippen molar-refractivity contribution in [3.63, 3.8) is 0 Å². The largest absolute Gasteiger partial charge is 0.377 e. The molecule has 0 spiro atoms. The first-order valence-corrected chi connectivity index (χ1v) is 6.86. The van der Waals surface area contributed by atoms with Crippen LogP contribution >= 0.6 is 11.9 Å². The Kier molecular flexibility index (Phi) is 3.22. The molecule has 0 aromatic carbocycles. The van der Waals surface area contributed by atoms with Gasteiger partial charge >= 0.3 is 0 Å². The molecule has 5 heteroatoms. The summed E-state index contributed by atoms with van der Waals surface area (Å²) in [4.78, 5) is 8.16. The molecular weight excluding hydrogens is 234 g/mol. The van der Waals surface area contributed by atoms with Gasteiger partial charge in [-0.05, 0) is 44.0 Å². The van der Waals surface area contributed by atoms with Gasteiger partial charge in [-0.15, -0.1) is 0 Å². The number of fused-ring (bicyclic) bond motifs is 2. The van der Waals surface area contributed by atoms with E-state index in [4.69, 9.17) is 4.74 Å². The van der Waals surface area contributed by atoms with Gasteiger partial charge in [0.1, 0.15) is 5.82 Å². The zero-order valence-electron chi connectivity index (χ0n) is 9.93. The molecule has 1 N–H and O–H groups in total. The highest BCUT2D eigenvalue weighted by Gasteiger charge is 2.37. The van der Waals surface area contributed by atoms with Gasteiger partial charge in [0.05, 0.1) is 25.3 Å². The fourth-order valence-corrected chi connectivity index (χ4v) is 3.18. The monoisotopic (exact) mass is 251 g/mol. The number of hydrogen-bond acceptors (Lipinski definition) is 5. The van der Waals surface area contributed by atoms with Crippen LogP contribution in [-0.2, 0) is 4.74 Å². The van der Waals surface area contributed by atoms with Gasteiger partial charge in [-0.25, -0.2) is 4.98 Å². The first-order valence-electron chi connectivity index (χ1n) is 6.04. The Labute approximate surface area is 106 Å². The molecule has 4 nitrogen and oxygen atoms in total. The van der Waals surface area contributed by atoms with Crippen molar-refractivity contribution in [3.05, 3.63) is 18.3 Å². The van der Waals surface area contributed by atoms with Crippen LogP contribution < -0.4 is 9.62 Å². The molecule has 0 unspecified atom stereocenters. The number of morpholine rings is 1. The lowest BCUT2D eigenvalue weighted by Gasteiger charge is -2.35. The van der Waals surface area contributed by atoms with Crippen LogP contribution in [0, 0.1) is 0 Å². The summed E-state index contributed by atoms with van der Waals surface area (Å²) < 4.78 is 8.64. The normalized spacial score (nSPS) is 27.5. The van der Waals surface area contributed by atoms with Gasteiger partial charge in [-0.3, -0.25) is 4.72 Å². The van der Waals surface area contributed by atoms with Gasteiger partial charge in [0.2, 0.25) is 0 Å². The van der Waals surface area contributed by atoms with Crippen LogP contribution in [0.4, 0.5) is 5.82 Å². The van der Waals surface area contributed by atoms with Crippen LogP contribution in [0.1, 0.15) is 12.8 Å². The molecule has 0 amide bonds. The Bertz CT molecular complexity index is 368. The van der Waals surface area contributed by atoms with Crippen molar-refractivity contribution in [3.8, 4) is 0 Å². The maximum atomic E-state index is 5.59. The van der Waals surface area contributed by atoms with Crippen LogP contribution in [0.5, 0.6) is 0 Å². The lowest BCUT2D eigenvalue weighted by Crippen LogP contribution is -2.46. The molecule has 0 aliphatic carbocycles. The molecule has 2 fully saturated rings. The number of ether oxygens (including phenoxy) is 1. The first kappa shape index (κ1) is 11.3. The summed E-state index contributed by atoms with van der Waals surface area (Å²) in [5.41, 5.74) is 0. The lowest BCUT2D eigenvalue weighted by atomic mass is 10.2. The Hall–Kier alpha value is -0.780. The van der Waals surface area contributed by atoms with Gasteiger partial charge in [0.25, 0.3) is 0 Å². The minimum absolute atomic E-state index is 0.532. The molecule has 92 valence electrons. The number of rotatable bonds is 3. The Morgan fingerprint density at radius 2 is 2.12 bits per heavy atom. The second kappa shape index (κ2) is 4.84. The summed E-state index contributed by atoms with van der Waals surface area (Å²) in [7, 11) is 1.92. The number of nitrogens with one attached hydrogen (secondary N) is 1. The summed E-state index contributed by atoms with van der Waals surface area (Å²) in [6.45, 7) is 1.70.